The van der Waals surface area contributed by atoms with Gasteiger partial charge in [-0.05, 0) is 42.2 Å². The second-order valence-corrected chi connectivity index (χ2v) is 5.80. The van der Waals surface area contributed by atoms with Crippen LogP contribution < -0.4 is 4.90 Å². The van der Waals surface area contributed by atoms with Gasteiger partial charge in [-0.3, -0.25) is 0 Å². The van der Waals surface area contributed by atoms with E-state index in [0.29, 0.717) is 16.6 Å². The summed E-state index contributed by atoms with van der Waals surface area (Å²) in [5.74, 6) is 0.311. The molecule has 2 aromatic rings. The number of halogens is 2. The van der Waals surface area contributed by atoms with Crippen LogP contribution in [0.1, 0.15) is 19.4 Å². The predicted molar refractivity (Wildman–Crippen MR) is 84.5 cm³/mol. The number of para-hydroxylation sites is 1. The topological polar surface area (TPSA) is 3.24 Å². The smallest absolute Gasteiger partial charge is 0.148 e. The van der Waals surface area contributed by atoms with E-state index in [4.69, 9.17) is 11.6 Å². The second-order valence-electron chi connectivity index (χ2n) is 5.39. The van der Waals surface area contributed by atoms with Crippen LogP contribution in [0.3, 0.4) is 0 Å². The van der Waals surface area contributed by atoms with Crippen molar-refractivity contribution in [1.29, 1.82) is 0 Å². The van der Waals surface area contributed by atoms with Crippen LogP contribution in [0.5, 0.6) is 0 Å². The molecule has 0 aliphatic heterocycles. The first kappa shape index (κ1) is 14.9. The van der Waals surface area contributed by atoms with E-state index in [1.807, 2.05) is 19.2 Å². The number of hydrogen-bond donors (Lipinski definition) is 0. The van der Waals surface area contributed by atoms with Gasteiger partial charge in [-0.25, -0.2) is 4.39 Å². The van der Waals surface area contributed by atoms with Crippen molar-refractivity contribution in [3.63, 3.8) is 0 Å². The molecule has 0 amide bonds. The molecular formula is C17H19ClFN. The van der Waals surface area contributed by atoms with Gasteiger partial charge in [0.2, 0.25) is 0 Å². The van der Waals surface area contributed by atoms with Gasteiger partial charge in [0.25, 0.3) is 0 Å². The SMILES string of the molecule is CC(C)Cc1ccc(N(C)c2c(F)cccc2Cl)cc1. The zero-order valence-electron chi connectivity index (χ0n) is 12.0. The van der Waals surface area contributed by atoms with E-state index < -0.39 is 0 Å². The van der Waals surface area contributed by atoms with Gasteiger partial charge in [0.1, 0.15) is 5.82 Å². The Labute approximate surface area is 125 Å². The van der Waals surface area contributed by atoms with Gasteiger partial charge in [-0.1, -0.05) is 43.6 Å². The van der Waals surface area contributed by atoms with Crippen molar-refractivity contribution in [2.24, 2.45) is 5.92 Å². The molecule has 0 fully saturated rings. The highest BCUT2D eigenvalue weighted by molar-refractivity contribution is 6.33. The lowest BCUT2D eigenvalue weighted by atomic mass is 10.0. The molecule has 1 nitrogen and oxygen atoms in total. The van der Waals surface area contributed by atoms with Crippen LogP contribution in [0.4, 0.5) is 15.8 Å². The summed E-state index contributed by atoms with van der Waals surface area (Å²) in [7, 11) is 1.82. The molecule has 0 aromatic heterocycles. The number of nitrogens with zero attached hydrogens (tertiary/aromatic N) is 1. The number of anilines is 2. The lowest BCUT2D eigenvalue weighted by Crippen LogP contribution is -2.12. The van der Waals surface area contributed by atoms with E-state index >= 15 is 0 Å². The highest BCUT2D eigenvalue weighted by Gasteiger charge is 2.13. The summed E-state index contributed by atoms with van der Waals surface area (Å²) in [4.78, 5) is 1.77. The molecule has 0 spiro atoms. The second kappa shape index (κ2) is 6.27. The molecule has 0 atom stereocenters. The normalized spacial score (nSPS) is 10.9. The predicted octanol–water partition coefficient (Wildman–Crippen LogP) is 5.45. The van der Waals surface area contributed by atoms with E-state index in [1.165, 1.54) is 11.6 Å². The van der Waals surface area contributed by atoms with Crippen molar-refractivity contribution in [2.75, 3.05) is 11.9 Å². The van der Waals surface area contributed by atoms with E-state index in [1.54, 1.807) is 17.0 Å². The lowest BCUT2D eigenvalue weighted by Gasteiger charge is -2.21. The fourth-order valence-corrected chi connectivity index (χ4v) is 2.56. The molecule has 0 aliphatic carbocycles. The van der Waals surface area contributed by atoms with Crippen molar-refractivity contribution in [1.82, 2.24) is 0 Å². The highest BCUT2D eigenvalue weighted by Crippen LogP contribution is 2.33. The van der Waals surface area contributed by atoms with Gasteiger partial charge < -0.3 is 4.90 Å². The van der Waals surface area contributed by atoms with E-state index in [0.717, 1.165) is 12.1 Å². The van der Waals surface area contributed by atoms with Crippen LogP contribution in [-0.2, 0) is 6.42 Å². The van der Waals surface area contributed by atoms with Crippen molar-refractivity contribution >= 4 is 23.0 Å². The fraction of sp³-hybridized carbons (Fsp3) is 0.294. The Morgan fingerprint density at radius 2 is 1.75 bits per heavy atom. The standard InChI is InChI=1S/C17H19ClFN/c1-12(2)11-13-7-9-14(10-8-13)20(3)17-15(18)5-4-6-16(17)19/h4-10,12H,11H2,1-3H3. The minimum atomic E-state index is -0.314. The third kappa shape index (κ3) is 3.31. The summed E-state index contributed by atoms with van der Waals surface area (Å²) in [6.45, 7) is 4.39. The maximum Gasteiger partial charge on any atom is 0.148 e. The minimum absolute atomic E-state index is 0.314. The summed E-state index contributed by atoms with van der Waals surface area (Å²) >= 11 is 6.09. The van der Waals surface area contributed by atoms with Crippen LogP contribution in [0.2, 0.25) is 5.02 Å². The molecule has 0 bridgehead atoms. The summed E-state index contributed by atoms with van der Waals surface area (Å²) < 4.78 is 13.9. The molecule has 0 radical (unpaired) electrons. The zero-order chi connectivity index (χ0) is 14.7. The number of benzene rings is 2. The average Bonchev–Trinajstić information content (AvgIpc) is 2.38. The Bertz CT molecular complexity index is 558. The summed E-state index contributed by atoms with van der Waals surface area (Å²) in [5, 5.41) is 0.416. The molecule has 0 unspecified atom stereocenters. The molecule has 20 heavy (non-hydrogen) atoms. The Morgan fingerprint density at radius 1 is 1.10 bits per heavy atom. The zero-order valence-corrected chi connectivity index (χ0v) is 12.8. The molecule has 0 saturated heterocycles. The van der Waals surface area contributed by atoms with Gasteiger partial charge in [-0.2, -0.15) is 0 Å². The first-order valence-electron chi connectivity index (χ1n) is 6.75. The van der Waals surface area contributed by atoms with Gasteiger partial charge >= 0.3 is 0 Å². The molecule has 0 heterocycles. The molecule has 2 rings (SSSR count). The van der Waals surface area contributed by atoms with Crippen molar-refractivity contribution in [3.05, 3.63) is 58.9 Å². The first-order chi connectivity index (χ1) is 9.49. The fourth-order valence-electron chi connectivity index (χ4n) is 2.27. The van der Waals surface area contributed by atoms with Gasteiger partial charge in [0.05, 0.1) is 10.7 Å². The molecule has 0 N–H and O–H groups in total. The summed E-state index contributed by atoms with van der Waals surface area (Å²) in [5.41, 5.74) is 2.62. The van der Waals surface area contributed by atoms with Crippen LogP contribution in [-0.4, -0.2) is 7.05 Å². The van der Waals surface area contributed by atoms with Crippen LogP contribution >= 0.6 is 11.6 Å². The Hall–Kier alpha value is -1.54. The molecule has 106 valence electrons. The third-order valence-electron chi connectivity index (χ3n) is 3.24. The Balaban J connectivity index is 2.27. The maximum atomic E-state index is 13.9. The molecular weight excluding hydrogens is 273 g/mol. The van der Waals surface area contributed by atoms with E-state index in [9.17, 15) is 4.39 Å². The molecule has 0 saturated carbocycles. The summed E-state index contributed by atoms with van der Waals surface area (Å²) in [6, 6.07) is 12.9. The lowest BCUT2D eigenvalue weighted by molar-refractivity contribution is 0.627. The molecule has 3 heteroatoms. The Kier molecular flexibility index (Phi) is 4.66. The maximum absolute atomic E-state index is 13.9. The van der Waals surface area contributed by atoms with Crippen LogP contribution in [0, 0.1) is 11.7 Å². The van der Waals surface area contributed by atoms with Crippen molar-refractivity contribution in [3.8, 4) is 0 Å². The number of hydrogen-bond acceptors (Lipinski definition) is 1. The quantitative estimate of drug-likeness (QED) is 0.724. The van der Waals surface area contributed by atoms with E-state index in [-0.39, 0.29) is 5.82 Å². The van der Waals surface area contributed by atoms with Crippen LogP contribution in [0.25, 0.3) is 0 Å². The Morgan fingerprint density at radius 3 is 2.30 bits per heavy atom. The van der Waals surface area contributed by atoms with Gasteiger partial charge in [0, 0.05) is 12.7 Å². The van der Waals surface area contributed by atoms with Gasteiger partial charge in [-0.15, -0.1) is 0 Å². The van der Waals surface area contributed by atoms with Gasteiger partial charge in [0.15, 0.2) is 0 Å². The monoisotopic (exact) mass is 291 g/mol. The number of rotatable bonds is 4. The van der Waals surface area contributed by atoms with Crippen molar-refractivity contribution < 1.29 is 4.39 Å². The first-order valence-corrected chi connectivity index (χ1v) is 7.13. The largest absolute Gasteiger partial charge is 0.341 e. The van der Waals surface area contributed by atoms with E-state index in [2.05, 4.69) is 26.0 Å². The van der Waals surface area contributed by atoms with Crippen LogP contribution in [0.15, 0.2) is 42.5 Å². The molecule has 0 aliphatic rings. The molecule has 2 aromatic carbocycles. The summed E-state index contributed by atoms with van der Waals surface area (Å²) in [6.07, 6.45) is 1.05. The average molecular weight is 292 g/mol. The third-order valence-corrected chi connectivity index (χ3v) is 3.55. The highest BCUT2D eigenvalue weighted by atomic mass is 35.5. The minimum Gasteiger partial charge on any atom is -0.341 e. The van der Waals surface area contributed by atoms with Crippen molar-refractivity contribution in [2.45, 2.75) is 20.3 Å².